The van der Waals surface area contributed by atoms with Crippen LogP contribution in [0.15, 0.2) is 57.7 Å². The lowest BCUT2D eigenvalue weighted by atomic mass is 10.1. The first-order chi connectivity index (χ1) is 10.2. The molecule has 102 valence electrons. The number of aromatic nitrogens is 1. The van der Waals surface area contributed by atoms with Crippen molar-refractivity contribution in [1.82, 2.24) is 4.98 Å². The second-order valence-corrected chi connectivity index (χ2v) is 5.90. The lowest BCUT2D eigenvalue weighted by molar-refractivity contribution is 0.562. The molecule has 0 unspecified atom stereocenters. The molecular weight excluding hydrogens is 282 g/mol. The topological polar surface area (TPSA) is 43.1 Å². The van der Waals surface area contributed by atoms with Crippen LogP contribution in [0.25, 0.3) is 31.8 Å². The third-order valence-electron chi connectivity index (χ3n) is 3.58. The van der Waals surface area contributed by atoms with E-state index >= 15 is 0 Å². The van der Waals surface area contributed by atoms with E-state index in [-0.39, 0.29) is 5.63 Å². The van der Waals surface area contributed by atoms with Gasteiger partial charge in [0.2, 0.25) is 0 Å². The third-order valence-corrected chi connectivity index (χ3v) is 4.63. The molecule has 0 saturated carbocycles. The molecule has 0 spiro atoms. The fourth-order valence-electron chi connectivity index (χ4n) is 2.53. The van der Waals surface area contributed by atoms with Gasteiger partial charge in [0, 0.05) is 5.39 Å². The average Bonchev–Trinajstić information content (AvgIpc) is 2.90. The summed E-state index contributed by atoms with van der Waals surface area (Å²) in [5, 5.41) is 1.67. The van der Waals surface area contributed by atoms with Gasteiger partial charge in [-0.25, -0.2) is 9.78 Å². The molecule has 4 heteroatoms. The number of thiazole rings is 1. The number of rotatable bonds is 1. The van der Waals surface area contributed by atoms with Gasteiger partial charge in [-0.05, 0) is 30.7 Å². The number of fused-ring (bicyclic) bond motifs is 2. The smallest absolute Gasteiger partial charge is 0.346 e. The van der Waals surface area contributed by atoms with Gasteiger partial charge in [0.1, 0.15) is 10.6 Å². The zero-order valence-electron chi connectivity index (χ0n) is 11.3. The molecule has 0 radical (unpaired) electrons. The number of hydrogen-bond donors (Lipinski definition) is 0. The van der Waals surface area contributed by atoms with Gasteiger partial charge in [0.25, 0.3) is 0 Å². The van der Waals surface area contributed by atoms with Crippen LogP contribution in [0, 0.1) is 6.92 Å². The molecule has 2 aromatic carbocycles. The van der Waals surface area contributed by atoms with E-state index in [1.165, 1.54) is 11.3 Å². The fraction of sp³-hybridized carbons (Fsp3) is 0.0588. The van der Waals surface area contributed by atoms with Crippen molar-refractivity contribution in [3.63, 3.8) is 0 Å². The normalized spacial score (nSPS) is 11.3. The molecule has 4 rings (SSSR count). The fourth-order valence-corrected chi connectivity index (χ4v) is 3.59. The minimum absolute atomic E-state index is 0.328. The first kappa shape index (κ1) is 12.3. The SMILES string of the molecule is Cc1c(-c2nc3ccccc3s2)c(=O)oc2ccccc12. The highest BCUT2D eigenvalue weighted by Crippen LogP contribution is 2.32. The Hall–Kier alpha value is -2.46. The lowest BCUT2D eigenvalue weighted by Crippen LogP contribution is -2.05. The maximum absolute atomic E-state index is 12.3. The molecule has 0 aliphatic carbocycles. The van der Waals surface area contributed by atoms with E-state index in [0.29, 0.717) is 16.2 Å². The summed E-state index contributed by atoms with van der Waals surface area (Å²) >= 11 is 1.52. The first-order valence-electron chi connectivity index (χ1n) is 6.62. The summed E-state index contributed by atoms with van der Waals surface area (Å²) < 4.78 is 6.50. The summed E-state index contributed by atoms with van der Waals surface area (Å²) in [6, 6.07) is 15.5. The summed E-state index contributed by atoms with van der Waals surface area (Å²) in [4.78, 5) is 16.9. The predicted octanol–water partition coefficient (Wildman–Crippen LogP) is 4.38. The zero-order chi connectivity index (χ0) is 14.4. The van der Waals surface area contributed by atoms with Crippen LogP contribution >= 0.6 is 11.3 Å². The number of aryl methyl sites for hydroxylation is 1. The van der Waals surface area contributed by atoms with Crippen molar-refractivity contribution in [3.05, 3.63) is 64.5 Å². The largest absolute Gasteiger partial charge is 0.422 e. The summed E-state index contributed by atoms with van der Waals surface area (Å²) in [5.41, 5.74) is 2.68. The van der Waals surface area contributed by atoms with E-state index < -0.39 is 0 Å². The van der Waals surface area contributed by atoms with Crippen LogP contribution in [-0.4, -0.2) is 4.98 Å². The first-order valence-corrected chi connectivity index (χ1v) is 7.44. The van der Waals surface area contributed by atoms with Crippen molar-refractivity contribution < 1.29 is 4.42 Å². The van der Waals surface area contributed by atoms with E-state index in [1.54, 1.807) is 0 Å². The number of benzene rings is 2. The van der Waals surface area contributed by atoms with Crippen LogP contribution in [0.3, 0.4) is 0 Å². The van der Waals surface area contributed by atoms with Crippen molar-refractivity contribution in [1.29, 1.82) is 0 Å². The van der Waals surface area contributed by atoms with Crippen molar-refractivity contribution in [2.75, 3.05) is 0 Å². The Labute approximate surface area is 124 Å². The summed E-state index contributed by atoms with van der Waals surface area (Å²) in [7, 11) is 0. The Bertz CT molecular complexity index is 997. The van der Waals surface area contributed by atoms with Gasteiger partial charge in [0.15, 0.2) is 0 Å². The minimum atomic E-state index is -0.328. The highest BCUT2D eigenvalue weighted by Gasteiger charge is 2.16. The van der Waals surface area contributed by atoms with Gasteiger partial charge >= 0.3 is 5.63 Å². The molecule has 21 heavy (non-hydrogen) atoms. The number of hydrogen-bond acceptors (Lipinski definition) is 4. The molecule has 0 aliphatic heterocycles. The molecule has 0 atom stereocenters. The molecule has 0 aliphatic rings. The zero-order valence-corrected chi connectivity index (χ0v) is 12.1. The molecule has 0 bridgehead atoms. The molecule has 2 aromatic heterocycles. The average molecular weight is 293 g/mol. The maximum Gasteiger partial charge on any atom is 0.346 e. The molecular formula is C17H11NO2S. The molecule has 0 N–H and O–H groups in total. The highest BCUT2D eigenvalue weighted by molar-refractivity contribution is 7.21. The number of para-hydroxylation sites is 2. The van der Waals surface area contributed by atoms with Gasteiger partial charge in [0.05, 0.1) is 15.8 Å². The third kappa shape index (κ3) is 1.87. The minimum Gasteiger partial charge on any atom is -0.422 e. The van der Waals surface area contributed by atoms with Crippen molar-refractivity contribution >= 4 is 32.5 Å². The van der Waals surface area contributed by atoms with Crippen molar-refractivity contribution in [2.24, 2.45) is 0 Å². The monoisotopic (exact) mass is 293 g/mol. The van der Waals surface area contributed by atoms with E-state index in [9.17, 15) is 4.79 Å². The van der Waals surface area contributed by atoms with Gasteiger partial charge in [-0.15, -0.1) is 11.3 Å². The van der Waals surface area contributed by atoms with E-state index in [4.69, 9.17) is 4.42 Å². The van der Waals surface area contributed by atoms with E-state index in [2.05, 4.69) is 4.98 Å². The molecule has 4 aromatic rings. The molecule has 3 nitrogen and oxygen atoms in total. The second-order valence-electron chi connectivity index (χ2n) is 4.87. The summed E-state index contributed by atoms with van der Waals surface area (Å²) in [6.45, 7) is 1.95. The molecule has 0 amide bonds. The highest BCUT2D eigenvalue weighted by atomic mass is 32.1. The van der Waals surface area contributed by atoms with Crippen LogP contribution in [0.1, 0.15) is 5.56 Å². The number of nitrogens with zero attached hydrogens (tertiary/aromatic N) is 1. The van der Waals surface area contributed by atoms with Crippen LogP contribution in [0.2, 0.25) is 0 Å². The van der Waals surface area contributed by atoms with Crippen LogP contribution < -0.4 is 5.63 Å². The second kappa shape index (κ2) is 4.53. The quantitative estimate of drug-likeness (QED) is 0.489. The lowest BCUT2D eigenvalue weighted by Gasteiger charge is -2.04. The van der Waals surface area contributed by atoms with Gasteiger partial charge in [-0.1, -0.05) is 30.3 Å². The van der Waals surface area contributed by atoms with Crippen LogP contribution in [0.5, 0.6) is 0 Å². The molecule has 0 saturated heterocycles. The Balaban J connectivity index is 2.08. The van der Waals surface area contributed by atoms with Crippen molar-refractivity contribution in [2.45, 2.75) is 6.92 Å². The Morgan fingerprint density at radius 3 is 2.67 bits per heavy atom. The van der Waals surface area contributed by atoms with Crippen LogP contribution in [0.4, 0.5) is 0 Å². The predicted molar refractivity (Wildman–Crippen MR) is 85.8 cm³/mol. The maximum atomic E-state index is 12.3. The van der Waals surface area contributed by atoms with Gasteiger partial charge in [-0.2, -0.15) is 0 Å². The van der Waals surface area contributed by atoms with E-state index in [1.807, 2.05) is 55.5 Å². The molecule has 0 fully saturated rings. The van der Waals surface area contributed by atoms with Gasteiger partial charge in [-0.3, -0.25) is 0 Å². The Morgan fingerprint density at radius 1 is 1.05 bits per heavy atom. The van der Waals surface area contributed by atoms with Crippen LogP contribution in [-0.2, 0) is 0 Å². The Kier molecular flexibility index (Phi) is 2.65. The molecule has 2 heterocycles. The van der Waals surface area contributed by atoms with Gasteiger partial charge < -0.3 is 4.42 Å². The summed E-state index contributed by atoms with van der Waals surface area (Å²) in [6.07, 6.45) is 0. The standard InChI is InChI=1S/C17H11NO2S/c1-10-11-6-2-4-8-13(11)20-17(19)15(10)16-18-12-7-3-5-9-14(12)21-16/h2-9H,1H3. The van der Waals surface area contributed by atoms with E-state index in [0.717, 1.165) is 21.2 Å². The van der Waals surface area contributed by atoms with Crippen molar-refractivity contribution in [3.8, 4) is 10.6 Å². The summed E-state index contributed by atoms with van der Waals surface area (Å²) in [5.74, 6) is 0. The Morgan fingerprint density at radius 2 is 1.81 bits per heavy atom.